The lowest BCUT2D eigenvalue weighted by atomic mass is 10.4. The van der Waals surface area contributed by atoms with Gasteiger partial charge in [-0.2, -0.15) is 0 Å². The number of nitrogens with one attached hydrogen (secondary N) is 2. The monoisotopic (exact) mass is 344 g/mol. The molecule has 0 saturated heterocycles. The van der Waals surface area contributed by atoms with Crippen molar-refractivity contribution in [3.05, 3.63) is 0 Å². The molecule has 7 heteroatoms. The van der Waals surface area contributed by atoms with Crippen molar-refractivity contribution in [2.24, 2.45) is 10.9 Å². The van der Waals surface area contributed by atoms with E-state index in [-0.39, 0.29) is 0 Å². The Morgan fingerprint density at radius 3 is 2.79 bits per heavy atom. The summed E-state index contributed by atoms with van der Waals surface area (Å²) >= 11 is 0. The van der Waals surface area contributed by atoms with Crippen LogP contribution in [0.2, 0.25) is 0 Å². The van der Waals surface area contributed by atoms with Crippen molar-refractivity contribution in [2.75, 3.05) is 66.7 Å². The fourth-order valence-electron chi connectivity index (χ4n) is 2.20. The molecular formula is C17H36N4O3. The van der Waals surface area contributed by atoms with Crippen molar-refractivity contribution in [1.82, 2.24) is 15.5 Å². The lowest BCUT2D eigenvalue weighted by Gasteiger charge is -2.18. The Bertz CT molecular complexity index is 338. The standard InChI is InChI=1S/C17H36N4O3/c1-4-18-17(19-8-10-21(2)9-5-11-23-3)20-12-16(22)14-24-13-15-6-7-15/h15-16,22H,4-14H2,1-3H3,(H2,18,19,20). The van der Waals surface area contributed by atoms with Gasteiger partial charge < -0.3 is 30.1 Å². The topological polar surface area (TPSA) is 78.4 Å². The first kappa shape index (κ1) is 21.2. The molecule has 1 unspecified atom stereocenters. The number of methoxy groups -OCH3 is 1. The summed E-state index contributed by atoms with van der Waals surface area (Å²) in [5.41, 5.74) is 0. The van der Waals surface area contributed by atoms with Gasteiger partial charge in [0.05, 0.1) is 19.3 Å². The lowest BCUT2D eigenvalue weighted by Crippen LogP contribution is -2.41. The van der Waals surface area contributed by atoms with Gasteiger partial charge in [0, 0.05) is 46.5 Å². The van der Waals surface area contributed by atoms with Crippen LogP contribution in [-0.4, -0.2) is 88.8 Å². The number of aliphatic imine (C=N–C) groups is 1. The molecule has 0 aromatic carbocycles. The van der Waals surface area contributed by atoms with E-state index in [0.717, 1.165) is 57.7 Å². The zero-order valence-corrected chi connectivity index (χ0v) is 15.6. The minimum absolute atomic E-state index is 0.351. The van der Waals surface area contributed by atoms with Crippen LogP contribution < -0.4 is 10.6 Å². The largest absolute Gasteiger partial charge is 0.389 e. The smallest absolute Gasteiger partial charge is 0.191 e. The van der Waals surface area contributed by atoms with Gasteiger partial charge in [-0.25, -0.2) is 0 Å². The Balaban J connectivity index is 2.15. The zero-order valence-electron chi connectivity index (χ0n) is 15.6. The Kier molecular flexibility index (Phi) is 11.8. The SMILES string of the molecule is CCNC(=NCC(O)COCC1CC1)NCCN(C)CCCOC. The summed E-state index contributed by atoms with van der Waals surface area (Å²) in [6.45, 7) is 7.86. The van der Waals surface area contributed by atoms with E-state index in [1.807, 2.05) is 6.92 Å². The van der Waals surface area contributed by atoms with Crippen LogP contribution in [-0.2, 0) is 9.47 Å². The molecular weight excluding hydrogens is 308 g/mol. The van der Waals surface area contributed by atoms with E-state index in [1.54, 1.807) is 7.11 Å². The van der Waals surface area contributed by atoms with Crippen molar-refractivity contribution in [3.8, 4) is 0 Å². The van der Waals surface area contributed by atoms with E-state index in [1.165, 1.54) is 12.8 Å². The first-order chi connectivity index (χ1) is 11.7. The molecule has 24 heavy (non-hydrogen) atoms. The molecule has 1 aliphatic rings. The van der Waals surface area contributed by atoms with Gasteiger partial charge in [0.1, 0.15) is 0 Å². The Morgan fingerprint density at radius 1 is 1.33 bits per heavy atom. The second kappa shape index (κ2) is 13.4. The van der Waals surface area contributed by atoms with Gasteiger partial charge in [-0.1, -0.05) is 0 Å². The summed E-state index contributed by atoms with van der Waals surface area (Å²) in [5.74, 6) is 1.46. The molecule has 3 N–H and O–H groups in total. The quantitative estimate of drug-likeness (QED) is 0.239. The van der Waals surface area contributed by atoms with E-state index < -0.39 is 6.10 Å². The van der Waals surface area contributed by atoms with Crippen molar-refractivity contribution in [1.29, 1.82) is 0 Å². The van der Waals surface area contributed by atoms with Crippen LogP contribution in [0.4, 0.5) is 0 Å². The minimum Gasteiger partial charge on any atom is -0.389 e. The molecule has 0 bridgehead atoms. The number of rotatable bonds is 14. The molecule has 0 aromatic heterocycles. The van der Waals surface area contributed by atoms with E-state index in [0.29, 0.717) is 13.2 Å². The van der Waals surface area contributed by atoms with Gasteiger partial charge in [-0.15, -0.1) is 0 Å². The number of aliphatic hydroxyl groups is 1. The second-order valence-corrected chi connectivity index (χ2v) is 6.43. The summed E-state index contributed by atoms with van der Waals surface area (Å²) in [7, 11) is 3.83. The summed E-state index contributed by atoms with van der Waals surface area (Å²) in [6, 6.07) is 0. The first-order valence-corrected chi connectivity index (χ1v) is 9.11. The minimum atomic E-state index is -0.545. The molecule has 0 aromatic rings. The van der Waals surface area contributed by atoms with E-state index in [4.69, 9.17) is 9.47 Å². The summed E-state index contributed by atoms with van der Waals surface area (Å²) in [5, 5.41) is 16.4. The molecule has 1 saturated carbocycles. The molecule has 0 aliphatic heterocycles. The Labute approximate surface area is 146 Å². The van der Waals surface area contributed by atoms with Crippen LogP contribution in [0.15, 0.2) is 4.99 Å². The first-order valence-electron chi connectivity index (χ1n) is 9.11. The van der Waals surface area contributed by atoms with Gasteiger partial charge in [-0.3, -0.25) is 4.99 Å². The summed E-state index contributed by atoms with van der Waals surface area (Å²) < 4.78 is 10.6. The van der Waals surface area contributed by atoms with E-state index >= 15 is 0 Å². The number of hydrogen-bond acceptors (Lipinski definition) is 5. The Hall–Kier alpha value is -0.890. The van der Waals surface area contributed by atoms with E-state index in [9.17, 15) is 5.11 Å². The molecule has 0 heterocycles. The molecule has 1 rings (SSSR count). The van der Waals surface area contributed by atoms with Crippen LogP contribution in [0.25, 0.3) is 0 Å². The van der Waals surface area contributed by atoms with Crippen molar-refractivity contribution in [2.45, 2.75) is 32.3 Å². The normalized spacial score (nSPS) is 16.5. The zero-order chi connectivity index (χ0) is 17.6. The fourth-order valence-corrected chi connectivity index (χ4v) is 2.20. The number of hydrogen-bond donors (Lipinski definition) is 3. The van der Waals surface area contributed by atoms with Crippen LogP contribution in [0.5, 0.6) is 0 Å². The number of guanidine groups is 1. The number of ether oxygens (including phenoxy) is 2. The number of nitrogens with zero attached hydrogens (tertiary/aromatic N) is 2. The second-order valence-electron chi connectivity index (χ2n) is 6.43. The molecule has 1 aliphatic carbocycles. The van der Waals surface area contributed by atoms with Crippen molar-refractivity contribution in [3.63, 3.8) is 0 Å². The molecule has 0 amide bonds. The van der Waals surface area contributed by atoms with Crippen molar-refractivity contribution >= 4 is 5.96 Å². The highest BCUT2D eigenvalue weighted by molar-refractivity contribution is 5.79. The lowest BCUT2D eigenvalue weighted by molar-refractivity contribution is 0.0368. The third kappa shape index (κ3) is 11.6. The van der Waals surface area contributed by atoms with Crippen LogP contribution in [0, 0.1) is 5.92 Å². The maximum absolute atomic E-state index is 9.93. The number of aliphatic hydroxyl groups excluding tert-OH is 1. The van der Waals surface area contributed by atoms with Crippen molar-refractivity contribution < 1.29 is 14.6 Å². The highest BCUT2D eigenvalue weighted by Gasteiger charge is 2.21. The van der Waals surface area contributed by atoms with Gasteiger partial charge >= 0.3 is 0 Å². The number of likely N-dealkylation sites (N-methyl/N-ethyl adjacent to an activating group) is 1. The highest BCUT2D eigenvalue weighted by Crippen LogP contribution is 2.28. The third-order valence-electron chi connectivity index (χ3n) is 3.84. The maximum atomic E-state index is 9.93. The summed E-state index contributed by atoms with van der Waals surface area (Å²) in [6.07, 6.45) is 3.02. The van der Waals surface area contributed by atoms with Gasteiger partial charge in [0.15, 0.2) is 5.96 Å². The Morgan fingerprint density at radius 2 is 2.12 bits per heavy atom. The molecule has 0 spiro atoms. The molecule has 1 fully saturated rings. The van der Waals surface area contributed by atoms with Gasteiger partial charge in [0.2, 0.25) is 0 Å². The highest BCUT2D eigenvalue weighted by atomic mass is 16.5. The predicted molar refractivity (Wildman–Crippen MR) is 97.5 cm³/mol. The fraction of sp³-hybridized carbons (Fsp3) is 0.941. The average Bonchev–Trinajstić information content (AvgIpc) is 3.37. The van der Waals surface area contributed by atoms with Gasteiger partial charge in [-0.05, 0) is 39.2 Å². The molecule has 7 nitrogen and oxygen atoms in total. The average molecular weight is 345 g/mol. The molecule has 1 atom stereocenters. The molecule has 0 radical (unpaired) electrons. The van der Waals surface area contributed by atoms with E-state index in [2.05, 4.69) is 27.6 Å². The predicted octanol–water partition coefficient (Wildman–Crippen LogP) is 0.297. The summed E-state index contributed by atoms with van der Waals surface area (Å²) in [4.78, 5) is 6.69. The van der Waals surface area contributed by atoms with Crippen LogP contribution >= 0.6 is 0 Å². The van der Waals surface area contributed by atoms with Crippen LogP contribution in [0.1, 0.15) is 26.2 Å². The van der Waals surface area contributed by atoms with Crippen LogP contribution in [0.3, 0.4) is 0 Å². The van der Waals surface area contributed by atoms with Gasteiger partial charge in [0.25, 0.3) is 0 Å². The maximum Gasteiger partial charge on any atom is 0.191 e. The third-order valence-corrected chi connectivity index (χ3v) is 3.84. The molecule has 142 valence electrons.